The predicted molar refractivity (Wildman–Crippen MR) is 64.5 cm³/mol. The van der Waals surface area contributed by atoms with Crippen molar-refractivity contribution in [2.75, 3.05) is 6.61 Å². The Balaban J connectivity index is 2.83. The quantitative estimate of drug-likeness (QED) is 0.652. The third kappa shape index (κ3) is 3.87. The van der Waals surface area contributed by atoms with Crippen LogP contribution < -0.4 is 4.74 Å². The molecule has 0 aliphatic heterocycles. The lowest BCUT2D eigenvalue weighted by molar-refractivity contribution is -0.384. The number of non-ortho nitro benzene ring substituents is 1. The molecule has 1 atom stereocenters. The van der Waals surface area contributed by atoms with E-state index in [1.54, 1.807) is 6.92 Å². The predicted octanol–water partition coefficient (Wildman–Crippen LogP) is 2.79. The first-order valence-electron chi connectivity index (χ1n) is 5.15. The lowest BCUT2D eigenvalue weighted by Gasteiger charge is -2.21. The number of rotatable bonds is 5. The highest BCUT2D eigenvalue weighted by Gasteiger charge is 2.20. The summed E-state index contributed by atoms with van der Waals surface area (Å²) in [7, 11) is 0. The molecule has 1 aromatic carbocycles. The van der Waals surface area contributed by atoms with Crippen LogP contribution in [0.25, 0.3) is 0 Å². The maximum Gasteiger partial charge on any atom is 0.273 e. The summed E-state index contributed by atoms with van der Waals surface area (Å²) < 4.78 is 5.30. The number of hydrogen-bond donors (Lipinski definition) is 1. The molecule has 1 unspecified atom stereocenters. The van der Waals surface area contributed by atoms with Gasteiger partial charge in [0.25, 0.3) is 5.69 Å². The molecule has 0 saturated heterocycles. The van der Waals surface area contributed by atoms with E-state index >= 15 is 0 Å². The SMILES string of the molecule is CCC(C)(O)COc1cc([N+](=O)[O-])ccc1Cl. The van der Waals surface area contributed by atoms with Crippen LogP contribution in [0.4, 0.5) is 5.69 Å². The van der Waals surface area contributed by atoms with Gasteiger partial charge in [-0.3, -0.25) is 10.1 Å². The molecule has 0 saturated carbocycles. The van der Waals surface area contributed by atoms with Crippen molar-refractivity contribution in [3.8, 4) is 5.75 Å². The van der Waals surface area contributed by atoms with Gasteiger partial charge in [0, 0.05) is 6.07 Å². The zero-order valence-corrected chi connectivity index (χ0v) is 10.4. The molecule has 0 aliphatic rings. The summed E-state index contributed by atoms with van der Waals surface area (Å²) in [4.78, 5) is 10.1. The molecular weight excluding hydrogens is 246 g/mol. The number of nitro benzene ring substituents is 1. The summed E-state index contributed by atoms with van der Waals surface area (Å²) in [5.41, 5.74) is -1.07. The highest BCUT2D eigenvalue weighted by atomic mass is 35.5. The average molecular weight is 260 g/mol. The second kappa shape index (κ2) is 5.33. The first-order valence-corrected chi connectivity index (χ1v) is 5.52. The molecule has 0 fully saturated rings. The van der Waals surface area contributed by atoms with Crippen LogP contribution >= 0.6 is 11.6 Å². The number of benzene rings is 1. The Morgan fingerprint density at radius 2 is 2.24 bits per heavy atom. The van der Waals surface area contributed by atoms with Gasteiger partial charge in [-0.25, -0.2) is 0 Å². The van der Waals surface area contributed by atoms with Crippen LogP contribution in [-0.4, -0.2) is 22.2 Å². The van der Waals surface area contributed by atoms with E-state index in [2.05, 4.69) is 0 Å². The molecule has 0 aromatic heterocycles. The summed E-state index contributed by atoms with van der Waals surface area (Å²) in [6.07, 6.45) is 0.513. The molecular formula is C11H14ClNO4. The monoisotopic (exact) mass is 259 g/mol. The van der Waals surface area contributed by atoms with Crippen LogP contribution in [0.5, 0.6) is 5.75 Å². The van der Waals surface area contributed by atoms with E-state index in [4.69, 9.17) is 16.3 Å². The van der Waals surface area contributed by atoms with E-state index in [9.17, 15) is 15.2 Å². The fraction of sp³-hybridized carbons (Fsp3) is 0.455. The number of aliphatic hydroxyl groups is 1. The smallest absolute Gasteiger partial charge is 0.273 e. The minimum Gasteiger partial charge on any atom is -0.489 e. The standard InChI is InChI=1S/C11H14ClNO4/c1-3-11(2,14)7-17-10-6-8(13(15)16)4-5-9(10)12/h4-6,14H,3,7H2,1-2H3. The minimum absolute atomic E-state index is 0.0321. The van der Waals surface area contributed by atoms with Gasteiger partial charge >= 0.3 is 0 Å². The zero-order valence-electron chi connectivity index (χ0n) is 9.64. The molecule has 5 nitrogen and oxygen atoms in total. The van der Waals surface area contributed by atoms with E-state index in [-0.39, 0.29) is 23.1 Å². The molecule has 1 N–H and O–H groups in total. The highest BCUT2D eigenvalue weighted by molar-refractivity contribution is 6.32. The Bertz CT molecular complexity index is 420. The van der Waals surface area contributed by atoms with Crippen LogP contribution in [0, 0.1) is 10.1 Å². The first kappa shape index (κ1) is 13.7. The van der Waals surface area contributed by atoms with Gasteiger partial charge in [-0.1, -0.05) is 18.5 Å². The van der Waals surface area contributed by atoms with Crippen LogP contribution in [0.3, 0.4) is 0 Å². The number of nitrogens with zero attached hydrogens (tertiary/aromatic N) is 1. The van der Waals surface area contributed by atoms with Gasteiger partial charge in [0.15, 0.2) is 0 Å². The van der Waals surface area contributed by atoms with Crippen molar-refractivity contribution in [2.45, 2.75) is 25.9 Å². The normalized spacial score (nSPS) is 14.1. The van der Waals surface area contributed by atoms with Gasteiger partial charge in [0.1, 0.15) is 12.4 Å². The van der Waals surface area contributed by atoms with E-state index < -0.39 is 10.5 Å². The molecule has 1 aromatic rings. The van der Waals surface area contributed by atoms with Crippen molar-refractivity contribution in [2.24, 2.45) is 0 Å². The molecule has 1 rings (SSSR count). The van der Waals surface area contributed by atoms with Crippen molar-refractivity contribution in [1.82, 2.24) is 0 Å². The Labute approximate surface area is 104 Å². The van der Waals surface area contributed by atoms with Crippen molar-refractivity contribution in [3.05, 3.63) is 33.3 Å². The van der Waals surface area contributed by atoms with Crippen molar-refractivity contribution in [1.29, 1.82) is 0 Å². The molecule has 0 amide bonds. The second-order valence-corrected chi connectivity index (χ2v) is 4.42. The summed E-state index contributed by atoms with van der Waals surface area (Å²) in [5.74, 6) is 0.203. The molecule has 0 radical (unpaired) electrons. The van der Waals surface area contributed by atoms with Crippen LogP contribution in [0.15, 0.2) is 18.2 Å². The van der Waals surface area contributed by atoms with E-state index in [1.165, 1.54) is 18.2 Å². The Hall–Kier alpha value is -1.33. The van der Waals surface area contributed by atoms with Crippen LogP contribution in [0.1, 0.15) is 20.3 Å². The average Bonchev–Trinajstić information content (AvgIpc) is 2.27. The van der Waals surface area contributed by atoms with Gasteiger partial charge in [-0.05, 0) is 19.4 Å². The summed E-state index contributed by atoms with van der Waals surface area (Å²) in [6.45, 7) is 3.47. The van der Waals surface area contributed by atoms with Gasteiger partial charge in [0.2, 0.25) is 0 Å². The second-order valence-electron chi connectivity index (χ2n) is 4.01. The topological polar surface area (TPSA) is 72.6 Å². The molecule has 0 heterocycles. The van der Waals surface area contributed by atoms with Crippen LogP contribution in [0.2, 0.25) is 5.02 Å². The van der Waals surface area contributed by atoms with Crippen LogP contribution in [-0.2, 0) is 0 Å². The van der Waals surface area contributed by atoms with E-state index in [0.29, 0.717) is 6.42 Å². The molecule has 6 heteroatoms. The fourth-order valence-electron chi connectivity index (χ4n) is 1.05. The van der Waals surface area contributed by atoms with Crippen molar-refractivity contribution >= 4 is 17.3 Å². The fourth-order valence-corrected chi connectivity index (χ4v) is 1.22. The zero-order chi connectivity index (χ0) is 13.1. The Morgan fingerprint density at radius 1 is 1.59 bits per heavy atom. The Kier molecular flexibility index (Phi) is 4.31. The third-order valence-electron chi connectivity index (χ3n) is 2.43. The van der Waals surface area contributed by atoms with Crippen molar-refractivity contribution in [3.63, 3.8) is 0 Å². The minimum atomic E-state index is -0.978. The number of ether oxygens (including phenoxy) is 1. The highest BCUT2D eigenvalue weighted by Crippen LogP contribution is 2.29. The first-order chi connectivity index (χ1) is 7.85. The molecule has 17 heavy (non-hydrogen) atoms. The van der Waals surface area contributed by atoms with Gasteiger partial charge in [-0.2, -0.15) is 0 Å². The lowest BCUT2D eigenvalue weighted by atomic mass is 10.1. The molecule has 0 aliphatic carbocycles. The third-order valence-corrected chi connectivity index (χ3v) is 2.74. The summed E-state index contributed by atoms with van der Waals surface area (Å²) >= 11 is 5.84. The molecule has 0 bridgehead atoms. The number of hydrogen-bond acceptors (Lipinski definition) is 4. The van der Waals surface area contributed by atoms with E-state index in [1.807, 2.05) is 6.92 Å². The number of halogens is 1. The Morgan fingerprint density at radius 3 is 2.76 bits per heavy atom. The summed E-state index contributed by atoms with van der Waals surface area (Å²) in [5, 5.41) is 20.6. The largest absolute Gasteiger partial charge is 0.489 e. The maximum atomic E-state index is 10.6. The summed E-state index contributed by atoms with van der Waals surface area (Å²) in [6, 6.07) is 3.94. The van der Waals surface area contributed by atoms with Gasteiger partial charge in [0.05, 0.1) is 21.6 Å². The lowest BCUT2D eigenvalue weighted by Crippen LogP contribution is -2.31. The van der Waals surface area contributed by atoms with Gasteiger partial charge < -0.3 is 9.84 Å². The van der Waals surface area contributed by atoms with Gasteiger partial charge in [-0.15, -0.1) is 0 Å². The molecule has 94 valence electrons. The number of nitro groups is 1. The van der Waals surface area contributed by atoms with Crippen molar-refractivity contribution < 1.29 is 14.8 Å². The maximum absolute atomic E-state index is 10.6. The molecule has 0 spiro atoms. The van der Waals surface area contributed by atoms with E-state index in [0.717, 1.165) is 0 Å².